The van der Waals surface area contributed by atoms with Crippen LogP contribution in [0.1, 0.15) is 30.1 Å². The van der Waals surface area contributed by atoms with Crippen LogP contribution in [-0.2, 0) is 16.0 Å². The lowest BCUT2D eigenvalue weighted by Gasteiger charge is -2.47. The van der Waals surface area contributed by atoms with Crippen molar-refractivity contribution in [1.29, 1.82) is 0 Å². The van der Waals surface area contributed by atoms with Crippen molar-refractivity contribution in [2.24, 2.45) is 0 Å². The van der Waals surface area contributed by atoms with Gasteiger partial charge in [0.25, 0.3) is 0 Å². The second-order valence-electron chi connectivity index (χ2n) is 7.70. The number of hydrogen-bond donors (Lipinski definition) is 1. The van der Waals surface area contributed by atoms with Gasteiger partial charge in [-0.25, -0.2) is 0 Å². The van der Waals surface area contributed by atoms with Crippen LogP contribution in [0.15, 0.2) is 46.6 Å². The molecule has 0 radical (unpaired) electrons. The Hall–Kier alpha value is -2.44. The highest BCUT2D eigenvalue weighted by Crippen LogP contribution is 2.51. The van der Waals surface area contributed by atoms with Gasteiger partial charge in [-0.1, -0.05) is 6.07 Å². The van der Waals surface area contributed by atoms with Gasteiger partial charge in [0.05, 0.1) is 33.4 Å². The van der Waals surface area contributed by atoms with Crippen molar-refractivity contribution in [1.82, 2.24) is 0 Å². The maximum absolute atomic E-state index is 11.4. The molecule has 0 aromatic heterocycles. The first-order valence-electron chi connectivity index (χ1n) is 9.25. The van der Waals surface area contributed by atoms with Crippen LogP contribution in [0.3, 0.4) is 0 Å². The molecule has 3 aliphatic heterocycles. The second-order valence-corrected chi connectivity index (χ2v) is 7.70. The molecule has 1 aliphatic carbocycles. The maximum Gasteiger partial charge on any atom is 0.230 e. The van der Waals surface area contributed by atoms with E-state index in [9.17, 15) is 5.11 Å². The Morgan fingerprint density at radius 3 is 2.81 bits per heavy atom. The van der Waals surface area contributed by atoms with Crippen molar-refractivity contribution < 1.29 is 28.5 Å². The summed E-state index contributed by atoms with van der Waals surface area (Å²) in [6.45, 7) is 1.97. The number of quaternary nitrogens is 1. The number of aliphatic hydroxyl groups excluding tert-OH is 1. The van der Waals surface area contributed by atoms with Gasteiger partial charge >= 0.3 is 0 Å². The Bertz CT molecular complexity index is 929. The number of aliphatic hydroxyl groups is 1. The fourth-order valence-electron chi connectivity index (χ4n) is 4.93. The predicted molar refractivity (Wildman–Crippen MR) is 97.7 cm³/mol. The zero-order chi connectivity index (χ0) is 18.8. The van der Waals surface area contributed by atoms with Gasteiger partial charge in [0.2, 0.25) is 6.79 Å². The average molecular weight is 370 g/mol. The normalized spacial score (nSPS) is 28.3. The van der Waals surface area contributed by atoms with E-state index in [2.05, 4.69) is 13.1 Å². The quantitative estimate of drug-likeness (QED) is 0.812. The number of hydrogen-bond acceptors (Lipinski definition) is 5. The summed E-state index contributed by atoms with van der Waals surface area (Å²) in [4.78, 5) is 0. The number of benzene rings is 1. The molecule has 0 saturated heterocycles. The summed E-state index contributed by atoms with van der Waals surface area (Å²) in [6.07, 6.45) is 3.05. The highest BCUT2D eigenvalue weighted by Gasteiger charge is 2.48. The van der Waals surface area contributed by atoms with E-state index in [-0.39, 0.29) is 6.79 Å². The molecule has 0 spiro atoms. The van der Waals surface area contributed by atoms with Gasteiger partial charge in [-0.15, -0.1) is 0 Å². The van der Waals surface area contributed by atoms with Crippen LogP contribution in [0.2, 0.25) is 0 Å². The van der Waals surface area contributed by atoms with E-state index in [4.69, 9.17) is 18.9 Å². The molecule has 0 fully saturated rings. The smallest absolute Gasteiger partial charge is 0.230 e. The third-order valence-corrected chi connectivity index (χ3v) is 6.26. The van der Waals surface area contributed by atoms with Gasteiger partial charge in [-0.05, 0) is 17.7 Å². The fourth-order valence-corrected chi connectivity index (χ4v) is 4.93. The zero-order valence-corrected chi connectivity index (χ0v) is 15.9. The van der Waals surface area contributed by atoms with Crippen LogP contribution in [0, 0.1) is 0 Å². The largest absolute Gasteiger partial charge is 0.493 e. The zero-order valence-electron chi connectivity index (χ0n) is 15.9. The summed E-state index contributed by atoms with van der Waals surface area (Å²) in [7, 11) is 5.49. The first-order valence-corrected chi connectivity index (χ1v) is 9.25. The Morgan fingerprint density at radius 1 is 1.19 bits per heavy atom. The molecule has 4 aliphatic rings. The SMILES string of the molecule is COc1ccc2c(c1OC)C[N@@+]1(C)CCC3=CC4=C(CC3=C1[C@H]2O)OCO4. The Kier molecular flexibility index (Phi) is 3.58. The highest BCUT2D eigenvalue weighted by atomic mass is 16.7. The van der Waals surface area contributed by atoms with E-state index in [1.165, 1.54) is 11.1 Å². The molecule has 0 saturated carbocycles. The second kappa shape index (κ2) is 5.78. The van der Waals surface area contributed by atoms with Gasteiger partial charge in [-0.2, -0.15) is 0 Å². The number of ether oxygens (including phenoxy) is 4. The lowest BCUT2D eigenvalue weighted by Crippen LogP contribution is -2.51. The van der Waals surface area contributed by atoms with E-state index in [0.717, 1.165) is 53.6 Å². The molecular weight excluding hydrogens is 346 g/mol. The maximum atomic E-state index is 11.4. The molecule has 27 heavy (non-hydrogen) atoms. The third-order valence-electron chi connectivity index (χ3n) is 6.26. The van der Waals surface area contributed by atoms with Crippen LogP contribution in [-0.4, -0.2) is 44.2 Å². The Labute approximate surface area is 158 Å². The molecule has 3 heterocycles. The summed E-state index contributed by atoms with van der Waals surface area (Å²) in [5.41, 5.74) is 5.44. The monoisotopic (exact) mass is 370 g/mol. The molecule has 6 nitrogen and oxygen atoms in total. The first kappa shape index (κ1) is 16.7. The average Bonchev–Trinajstić information content (AvgIpc) is 3.12. The lowest BCUT2D eigenvalue weighted by molar-refractivity contribution is -0.894. The van der Waals surface area contributed by atoms with Crippen molar-refractivity contribution in [2.75, 3.05) is 34.6 Å². The van der Waals surface area contributed by atoms with E-state index in [0.29, 0.717) is 16.7 Å². The molecule has 142 valence electrons. The van der Waals surface area contributed by atoms with Crippen LogP contribution < -0.4 is 9.47 Å². The van der Waals surface area contributed by atoms with Gasteiger partial charge < -0.3 is 24.1 Å². The van der Waals surface area contributed by atoms with Gasteiger partial charge in [0.1, 0.15) is 18.0 Å². The predicted octanol–water partition coefficient (Wildman–Crippen LogP) is 2.90. The lowest BCUT2D eigenvalue weighted by atomic mass is 9.80. The standard InChI is InChI=1S/C21H24NO5/c1-22-7-6-12-8-17-18(27-11-26-17)9-14(12)19(22)20(23)13-4-5-16(24-2)21(25-3)15(13)10-22/h4-5,8,20,23H,6-7,9-11H2,1-3H3/q+1/t20-,22+/m0/s1. The highest BCUT2D eigenvalue weighted by molar-refractivity contribution is 5.55. The van der Waals surface area contributed by atoms with Crippen molar-refractivity contribution in [2.45, 2.75) is 25.5 Å². The minimum atomic E-state index is -0.679. The molecule has 0 amide bonds. The molecule has 1 aromatic rings. The summed E-state index contributed by atoms with van der Waals surface area (Å²) in [5, 5.41) is 11.4. The summed E-state index contributed by atoms with van der Waals surface area (Å²) in [6, 6.07) is 3.83. The van der Waals surface area contributed by atoms with Crippen LogP contribution in [0.5, 0.6) is 11.5 Å². The number of rotatable bonds is 2. The Balaban J connectivity index is 1.68. The molecule has 1 N–H and O–H groups in total. The van der Waals surface area contributed by atoms with E-state index >= 15 is 0 Å². The summed E-state index contributed by atoms with van der Waals surface area (Å²) >= 11 is 0. The molecule has 0 bridgehead atoms. The van der Waals surface area contributed by atoms with Crippen molar-refractivity contribution >= 4 is 0 Å². The van der Waals surface area contributed by atoms with Crippen LogP contribution >= 0.6 is 0 Å². The fraction of sp³-hybridized carbons (Fsp3) is 0.429. The van der Waals surface area contributed by atoms with E-state index in [1.807, 2.05) is 12.1 Å². The van der Waals surface area contributed by atoms with Gasteiger partial charge in [-0.3, -0.25) is 4.48 Å². The number of nitrogens with zero attached hydrogens (tertiary/aromatic N) is 1. The molecule has 2 atom stereocenters. The Morgan fingerprint density at radius 2 is 2.04 bits per heavy atom. The van der Waals surface area contributed by atoms with Crippen LogP contribution in [0.4, 0.5) is 0 Å². The van der Waals surface area contributed by atoms with E-state index in [1.54, 1.807) is 14.2 Å². The van der Waals surface area contributed by atoms with E-state index < -0.39 is 6.10 Å². The number of methoxy groups -OCH3 is 2. The first-order chi connectivity index (χ1) is 13.1. The van der Waals surface area contributed by atoms with Crippen molar-refractivity contribution in [3.05, 3.63) is 57.7 Å². The van der Waals surface area contributed by atoms with Crippen molar-refractivity contribution in [3.8, 4) is 11.5 Å². The van der Waals surface area contributed by atoms with Gasteiger partial charge in [0.15, 0.2) is 23.4 Å². The number of likely N-dealkylation sites (N-methyl/N-ethyl adjacent to an activating group) is 1. The molecular formula is C21H24NO5+. The molecule has 1 aromatic carbocycles. The minimum Gasteiger partial charge on any atom is -0.493 e. The topological polar surface area (TPSA) is 57.2 Å². The minimum absolute atomic E-state index is 0.283. The number of allylic oxidation sites excluding steroid dienone is 2. The molecule has 5 rings (SSSR count). The molecule has 6 heteroatoms. The molecule has 0 unspecified atom stereocenters. The van der Waals surface area contributed by atoms with Crippen molar-refractivity contribution in [3.63, 3.8) is 0 Å². The van der Waals surface area contributed by atoms with Crippen LogP contribution in [0.25, 0.3) is 0 Å². The summed E-state index contributed by atoms with van der Waals surface area (Å²) in [5.74, 6) is 3.15. The summed E-state index contributed by atoms with van der Waals surface area (Å²) < 4.78 is 23.0. The third kappa shape index (κ3) is 2.26. The van der Waals surface area contributed by atoms with Gasteiger partial charge in [0, 0.05) is 24.0 Å². The number of fused-ring (bicyclic) bond motifs is 3.